The number of pyridine rings is 2. The van der Waals surface area contributed by atoms with Crippen molar-refractivity contribution < 1.29 is 9.53 Å². The number of carbonyl (C=O) groups excluding carboxylic acids is 1. The molecular weight excluding hydrogens is 448 g/mol. The summed E-state index contributed by atoms with van der Waals surface area (Å²) in [5.41, 5.74) is 3.83. The number of benzene rings is 1. The Morgan fingerprint density at radius 2 is 1.97 bits per heavy atom. The molecule has 5 rings (SSSR count). The van der Waals surface area contributed by atoms with Gasteiger partial charge in [-0.3, -0.25) is 19.8 Å². The number of nitrogens with zero attached hydrogens (tertiary/aromatic N) is 5. The van der Waals surface area contributed by atoms with Gasteiger partial charge in [0.15, 0.2) is 0 Å². The third-order valence-electron chi connectivity index (χ3n) is 5.87. The molecule has 1 saturated heterocycles. The highest BCUT2D eigenvalue weighted by Gasteiger charge is 2.21. The average molecular weight is 475 g/mol. The van der Waals surface area contributed by atoms with Crippen molar-refractivity contribution in [1.82, 2.24) is 30.0 Å². The molecule has 0 aliphatic carbocycles. The van der Waals surface area contributed by atoms with Gasteiger partial charge in [0.05, 0.1) is 22.7 Å². The number of amides is 1. The molecule has 0 saturated carbocycles. The monoisotopic (exact) mass is 474 g/mol. The zero-order valence-electron chi connectivity index (χ0n) is 19.0. The summed E-state index contributed by atoms with van der Waals surface area (Å²) >= 11 is 1.58. The maximum Gasteiger partial charge on any atom is 0.232 e. The van der Waals surface area contributed by atoms with E-state index in [0.717, 1.165) is 66.3 Å². The molecule has 0 atom stereocenters. The highest BCUT2D eigenvalue weighted by molar-refractivity contribution is 7.99. The third-order valence-corrected chi connectivity index (χ3v) is 6.40. The molecule has 9 heteroatoms. The summed E-state index contributed by atoms with van der Waals surface area (Å²) in [5, 5.41) is 7.91. The Balaban J connectivity index is 1.20. The molecule has 4 aromatic rings. The number of rotatable bonds is 7. The number of fused-ring (bicyclic) bond motifs is 1. The lowest BCUT2D eigenvalue weighted by Gasteiger charge is -2.34. The minimum absolute atomic E-state index is 0.234. The van der Waals surface area contributed by atoms with E-state index in [2.05, 4.69) is 32.2 Å². The smallest absolute Gasteiger partial charge is 0.232 e. The van der Waals surface area contributed by atoms with Crippen molar-refractivity contribution in [3.05, 3.63) is 66.6 Å². The Kier molecular flexibility index (Phi) is 6.73. The van der Waals surface area contributed by atoms with Crippen LogP contribution >= 0.6 is 11.8 Å². The number of aromatic amines is 1. The number of piperazine rings is 1. The van der Waals surface area contributed by atoms with E-state index < -0.39 is 0 Å². The summed E-state index contributed by atoms with van der Waals surface area (Å²) in [5.74, 6) is 2.04. The SMILES string of the molecule is CSCC(=O)N1CCN(Cc2ccc3cc(Oc4ccc(-c5ccn[nH]5)cn4)ccc3n2)CC1. The van der Waals surface area contributed by atoms with Crippen molar-refractivity contribution >= 4 is 28.6 Å². The molecule has 3 aromatic heterocycles. The van der Waals surface area contributed by atoms with Crippen LogP contribution in [0.15, 0.2) is 60.9 Å². The standard InChI is InChI=1S/C25H26N6O2S/c1-34-17-25(32)31-12-10-30(11-13-31)16-20-4-2-18-14-21(5-6-22(18)28-20)33-24-7-3-19(15-26-24)23-8-9-27-29-23/h2-9,14-15H,10-13,16-17H2,1H3,(H,27,29). The fourth-order valence-electron chi connectivity index (χ4n) is 4.03. The minimum Gasteiger partial charge on any atom is -0.439 e. The van der Waals surface area contributed by atoms with Crippen molar-refractivity contribution in [2.45, 2.75) is 6.54 Å². The highest BCUT2D eigenvalue weighted by Crippen LogP contribution is 2.26. The van der Waals surface area contributed by atoms with E-state index in [-0.39, 0.29) is 5.91 Å². The van der Waals surface area contributed by atoms with Crippen LogP contribution in [0, 0.1) is 0 Å². The fourth-order valence-corrected chi connectivity index (χ4v) is 4.46. The molecule has 1 N–H and O–H groups in total. The quantitative estimate of drug-likeness (QED) is 0.436. The van der Waals surface area contributed by atoms with Crippen LogP contribution in [0.2, 0.25) is 0 Å². The van der Waals surface area contributed by atoms with Gasteiger partial charge in [-0.15, -0.1) is 0 Å². The van der Waals surface area contributed by atoms with Gasteiger partial charge in [0.1, 0.15) is 5.75 Å². The van der Waals surface area contributed by atoms with E-state index in [9.17, 15) is 4.79 Å². The highest BCUT2D eigenvalue weighted by atomic mass is 32.2. The van der Waals surface area contributed by atoms with Crippen LogP contribution in [0.5, 0.6) is 11.6 Å². The van der Waals surface area contributed by atoms with Crippen LogP contribution in [0.4, 0.5) is 0 Å². The average Bonchev–Trinajstić information content (AvgIpc) is 3.40. The Morgan fingerprint density at radius 1 is 1.09 bits per heavy atom. The molecule has 1 aromatic carbocycles. The summed E-state index contributed by atoms with van der Waals surface area (Å²) in [4.78, 5) is 25.6. The number of hydrogen-bond acceptors (Lipinski definition) is 7. The molecule has 1 fully saturated rings. The van der Waals surface area contributed by atoms with Crippen LogP contribution in [-0.2, 0) is 11.3 Å². The number of hydrogen-bond donors (Lipinski definition) is 1. The molecule has 1 aliphatic heterocycles. The van der Waals surface area contributed by atoms with Crippen LogP contribution in [0.25, 0.3) is 22.2 Å². The molecule has 174 valence electrons. The number of nitrogens with one attached hydrogen (secondary N) is 1. The van der Waals surface area contributed by atoms with E-state index in [1.807, 2.05) is 47.6 Å². The first-order chi connectivity index (χ1) is 16.7. The Morgan fingerprint density at radius 3 is 2.71 bits per heavy atom. The first-order valence-electron chi connectivity index (χ1n) is 11.2. The zero-order chi connectivity index (χ0) is 23.3. The molecule has 1 aliphatic rings. The Hall–Kier alpha value is -3.43. The topological polar surface area (TPSA) is 87.2 Å². The van der Waals surface area contributed by atoms with Crippen molar-refractivity contribution in [3.8, 4) is 22.9 Å². The number of H-pyrrole nitrogens is 1. The van der Waals surface area contributed by atoms with Crippen LogP contribution < -0.4 is 4.74 Å². The van der Waals surface area contributed by atoms with Gasteiger partial charge in [-0.2, -0.15) is 16.9 Å². The molecule has 0 unspecified atom stereocenters. The van der Waals surface area contributed by atoms with Crippen LogP contribution in [0.1, 0.15) is 5.69 Å². The lowest BCUT2D eigenvalue weighted by atomic mass is 10.2. The number of thioether (sulfide) groups is 1. The second-order valence-electron chi connectivity index (χ2n) is 8.20. The van der Waals surface area contributed by atoms with Crippen molar-refractivity contribution in [3.63, 3.8) is 0 Å². The van der Waals surface area contributed by atoms with Gasteiger partial charge in [-0.1, -0.05) is 6.07 Å². The first kappa shape index (κ1) is 22.4. The van der Waals surface area contributed by atoms with E-state index in [4.69, 9.17) is 9.72 Å². The van der Waals surface area contributed by atoms with Crippen molar-refractivity contribution in [2.75, 3.05) is 38.2 Å². The van der Waals surface area contributed by atoms with E-state index in [0.29, 0.717) is 11.6 Å². The molecule has 0 spiro atoms. The molecule has 34 heavy (non-hydrogen) atoms. The minimum atomic E-state index is 0.234. The molecule has 0 bridgehead atoms. The number of aromatic nitrogens is 4. The van der Waals surface area contributed by atoms with Crippen LogP contribution in [-0.4, -0.2) is 74.1 Å². The van der Waals surface area contributed by atoms with Crippen LogP contribution in [0.3, 0.4) is 0 Å². The fraction of sp³-hybridized carbons (Fsp3) is 0.280. The summed E-state index contributed by atoms with van der Waals surface area (Å²) < 4.78 is 5.95. The van der Waals surface area contributed by atoms with Gasteiger partial charge in [0.25, 0.3) is 0 Å². The Labute approximate surface area is 202 Å². The largest absolute Gasteiger partial charge is 0.439 e. The normalized spacial score (nSPS) is 14.4. The van der Waals surface area contributed by atoms with Crippen molar-refractivity contribution in [1.29, 1.82) is 0 Å². The lowest BCUT2D eigenvalue weighted by molar-refractivity contribution is -0.130. The second kappa shape index (κ2) is 10.2. The zero-order valence-corrected chi connectivity index (χ0v) is 19.8. The summed E-state index contributed by atoms with van der Waals surface area (Å²) in [6.07, 6.45) is 5.44. The van der Waals surface area contributed by atoms with Gasteiger partial charge >= 0.3 is 0 Å². The number of carbonyl (C=O) groups is 1. The van der Waals surface area contributed by atoms with Gasteiger partial charge < -0.3 is 9.64 Å². The van der Waals surface area contributed by atoms with Crippen molar-refractivity contribution in [2.24, 2.45) is 0 Å². The van der Waals surface area contributed by atoms with E-state index in [1.165, 1.54) is 0 Å². The van der Waals surface area contributed by atoms with E-state index >= 15 is 0 Å². The molecule has 1 amide bonds. The molecule has 0 radical (unpaired) electrons. The predicted molar refractivity (Wildman–Crippen MR) is 134 cm³/mol. The molecular formula is C25H26N6O2S. The Bertz CT molecular complexity index is 1250. The maximum absolute atomic E-state index is 12.1. The molecule has 4 heterocycles. The lowest BCUT2D eigenvalue weighted by Crippen LogP contribution is -2.48. The number of ether oxygens (including phenoxy) is 1. The van der Waals surface area contributed by atoms with E-state index in [1.54, 1.807) is 24.2 Å². The summed E-state index contributed by atoms with van der Waals surface area (Å²) in [7, 11) is 0. The predicted octanol–water partition coefficient (Wildman–Crippen LogP) is 3.82. The van der Waals surface area contributed by atoms with Gasteiger partial charge in [0.2, 0.25) is 11.8 Å². The first-order valence-corrected chi connectivity index (χ1v) is 12.6. The summed E-state index contributed by atoms with van der Waals surface area (Å²) in [6.45, 7) is 4.10. The maximum atomic E-state index is 12.1. The third kappa shape index (κ3) is 5.21. The van der Waals surface area contributed by atoms with Gasteiger partial charge in [0, 0.05) is 62.1 Å². The summed E-state index contributed by atoms with van der Waals surface area (Å²) in [6, 6.07) is 15.7. The molecule has 8 nitrogen and oxygen atoms in total. The van der Waals surface area contributed by atoms with Gasteiger partial charge in [-0.05, 0) is 42.7 Å². The van der Waals surface area contributed by atoms with Gasteiger partial charge in [-0.25, -0.2) is 4.98 Å². The second-order valence-corrected chi connectivity index (χ2v) is 9.07.